The van der Waals surface area contributed by atoms with Gasteiger partial charge in [0.1, 0.15) is 0 Å². The highest BCUT2D eigenvalue weighted by Gasteiger charge is 1.70. The van der Waals surface area contributed by atoms with Gasteiger partial charge in [-0.3, -0.25) is 0 Å². The van der Waals surface area contributed by atoms with Gasteiger partial charge in [0.15, 0.2) is 0 Å². The fraction of sp³-hybridized carbons (Fsp3) is 1.00. The van der Waals surface area contributed by atoms with Gasteiger partial charge in [0.2, 0.25) is 0 Å². The predicted octanol–water partition coefficient (Wildman–Crippen LogP) is 1.01. The Hall–Kier alpha value is -0.00506. The van der Waals surface area contributed by atoms with Gasteiger partial charge in [-0.25, -0.2) is 0 Å². The van der Waals surface area contributed by atoms with E-state index in [2.05, 4.69) is 0 Å². The summed E-state index contributed by atoms with van der Waals surface area (Å²) in [6.07, 6.45) is 0.528. The Morgan fingerprint density at radius 3 is 2.25 bits per heavy atom. The average molecular weight is 58.9 g/mol. The first kappa shape index (κ1) is 3.99. The maximum Gasteiger partial charge on any atom is 0.354 e. The molecule has 0 amide bonds. The molecule has 0 saturated carbocycles. The lowest BCUT2D eigenvalue weighted by Gasteiger charge is -1.59. The molecule has 0 aliphatic heterocycles. The Labute approximate surface area is 26.3 Å². The monoisotopic (exact) mass is 59.0 g/mol. The van der Waals surface area contributed by atoms with Crippen LogP contribution in [0, 0.1) is 0 Å². The van der Waals surface area contributed by atoms with Crippen molar-refractivity contribution in [2.75, 3.05) is 0 Å². The summed E-state index contributed by atoms with van der Waals surface area (Å²) in [6.45, 7) is 1.75. The highest BCUT2D eigenvalue weighted by molar-refractivity contribution is 6.25. The van der Waals surface area contributed by atoms with Crippen LogP contribution in [0.15, 0.2) is 0 Å². The molecule has 2 heteroatoms. The van der Waals surface area contributed by atoms with Gasteiger partial charge in [0.25, 0.3) is 0 Å². The van der Waals surface area contributed by atoms with Crippen molar-refractivity contribution in [1.29, 1.82) is 0 Å². The Morgan fingerprint density at radius 2 is 2.25 bits per heavy atom. The van der Waals surface area contributed by atoms with Crippen molar-refractivity contribution in [2.45, 2.75) is 13.2 Å². The van der Waals surface area contributed by atoms with E-state index >= 15 is 0 Å². The van der Waals surface area contributed by atoms with Crippen LogP contribution in [0.4, 0.5) is 4.32 Å². The third-order valence-electron chi connectivity index (χ3n) is 0.154. The molecule has 0 saturated heterocycles. The summed E-state index contributed by atoms with van der Waals surface area (Å²) in [5.74, 6) is 0. The van der Waals surface area contributed by atoms with E-state index in [0.717, 1.165) is 0 Å². The smallest absolute Gasteiger partial charge is 0.343 e. The summed E-state index contributed by atoms with van der Waals surface area (Å²) in [5, 5.41) is 0. The Balaban J connectivity index is 1.97. The number of halogens is 1. The average Bonchev–Trinajstić information content (AvgIpc) is 1.37. The zero-order valence-corrected chi connectivity index (χ0v) is 2.66. The van der Waals surface area contributed by atoms with Crippen molar-refractivity contribution in [2.24, 2.45) is 0 Å². The first-order valence-corrected chi connectivity index (χ1v) is 1.33. The molecule has 0 bridgehead atoms. The second kappa shape index (κ2) is 2.99. The lowest BCUT2D eigenvalue weighted by Crippen LogP contribution is -1.64. The van der Waals surface area contributed by atoms with Crippen LogP contribution in [0.2, 0.25) is 6.32 Å². The largest absolute Gasteiger partial charge is 0.354 e. The highest BCUT2D eigenvalue weighted by Crippen LogP contribution is 1.67. The molecule has 0 spiro atoms. The summed E-state index contributed by atoms with van der Waals surface area (Å²) in [6, 6.07) is 0. The van der Waals surface area contributed by atoms with E-state index in [4.69, 9.17) is 0 Å². The zero-order valence-electron chi connectivity index (χ0n) is 2.66. The minimum absolute atomic E-state index is 0.528. The summed E-state index contributed by atoms with van der Waals surface area (Å²) in [5.41, 5.74) is 0. The molecule has 4 heavy (non-hydrogen) atoms. The van der Waals surface area contributed by atoms with Crippen molar-refractivity contribution in [1.82, 2.24) is 0 Å². The van der Waals surface area contributed by atoms with E-state index in [1.807, 2.05) is 0 Å². The van der Waals surface area contributed by atoms with E-state index < -0.39 is 0 Å². The molecule has 0 rings (SSSR count). The van der Waals surface area contributed by atoms with Crippen molar-refractivity contribution < 1.29 is 4.32 Å². The molecule has 23 valence electrons. The normalized spacial score (nSPS) is 6.50. The summed E-state index contributed by atoms with van der Waals surface area (Å²) >= 11 is 0. The minimum Gasteiger partial charge on any atom is -0.343 e. The molecule has 0 heterocycles. The van der Waals surface area contributed by atoms with Gasteiger partial charge in [0.05, 0.1) is 0 Å². The molecule has 0 atom stereocenters. The van der Waals surface area contributed by atoms with Gasteiger partial charge in [-0.1, -0.05) is 6.92 Å². The number of hydrogen-bond donors (Lipinski definition) is 0. The summed E-state index contributed by atoms with van der Waals surface area (Å²) in [4.78, 5) is 0. The summed E-state index contributed by atoms with van der Waals surface area (Å²) < 4.78 is 10.6. The van der Waals surface area contributed by atoms with Crippen LogP contribution in [0.1, 0.15) is 6.92 Å². The van der Waals surface area contributed by atoms with Crippen molar-refractivity contribution in [3.8, 4) is 0 Å². The summed E-state index contributed by atoms with van der Waals surface area (Å²) in [7, 11) is 0.625. The Bertz CT molecular complexity index is 8.00. The molecule has 0 aliphatic carbocycles. The second-order valence-electron chi connectivity index (χ2n) is 0.563. The molecule has 0 aliphatic rings. The molecule has 0 aromatic rings. The van der Waals surface area contributed by atoms with Gasteiger partial charge < -0.3 is 4.32 Å². The number of hydrogen-bond acceptors (Lipinski definition) is 0. The van der Waals surface area contributed by atoms with E-state index in [1.165, 1.54) is 0 Å². The Morgan fingerprint density at radius 1 is 2.00 bits per heavy atom. The molecule has 1 radical (unpaired) electrons. The second-order valence-corrected chi connectivity index (χ2v) is 0.563. The number of rotatable bonds is 1. The van der Waals surface area contributed by atoms with Gasteiger partial charge >= 0.3 is 7.56 Å². The molecule has 0 unspecified atom stereocenters. The van der Waals surface area contributed by atoms with E-state index in [0.29, 0.717) is 13.9 Å². The quantitative estimate of drug-likeness (QED) is 0.395. The maximum atomic E-state index is 10.6. The fourth-order valence-electron chi connectivity index (χ4n) is 0. The fourth-order valence-corrected chi connectivity index (χ4v) is 0. The SMILES string of the molecule is CC[B]F. The molecule has 0 nitrogen and oxygen atoms in total. The van der Waals surface area contributed by atoms with Crippen LogP contribution in [-0.4, -0.2) is 7.56 Å². The van der Waals surface area contributed by atoms with Crippen LogP contribution in [0.5, 0.6) is 0 Å². The van der Waals surface area contributed by atoms with Gasteiger partial charge in [-0.15, -0.1) is 0 Å². The molecular weight excluding hydrogens is 53.8 g/mol. The maximum absolute atomic E-state index is 10.6. The lowest BCUT2D eigenvalue weighted by atomic mass is 10.0. The molecule has 0 fully saturated rings. The van der Waals surface area contributed by atoms with Gasteiger partial charge in [0, 0.05) is 0 Å². The van der Waals surface area contributed by atoms with E-state index in [-0.39, 0.29) is 0 Å². The van der Waals surface area contributed by atoms with Crippen LogP contribution in [0.3, 0.4) is 0 Å². The first-order chi connectivity index (χ1) is 1.91. The molecule has 0 aromatic carbocycles. The van der Waals surface area contributed by atoms with Crippen LogP contribution in [-0.2, 0) is 0 Å². The van der Waals surface area contributed by atoms with E-state index in [1.54, 1.807) is 6.92 Å². The van der Waals surface area contributed by atoms with Crippen molar-refractivity contribution >= 4 is 7.56 Å². The molecule has 0 aromatic heterocycles. The molecular formula is C2H5BF. The standard InChI is InChI=1S/C2H5BF/c1-2-3-4/h2H2,1H3. The molecule has 0 N–H and O–H groups in total. The Kier molecular flexibility index (Phi) is 2.99. The van der Waals surface area contributed by atoms with Crippen LogP contribution >= 0.6 is 0 Å². The van der Waals surface area contributed by atoms with E-state index in [9.17, 15) is 4.32 Å². The zero-order chi connectivity index (χ0) is 3.41. The predicted molar refractivity (Wildman–Crippen MR) is 17.3 cm³/mol. The van der Waals surface area contributed by atoms with Crippen LogP contribution in [0.25, 0.3) is 0 Å². The van der Waals surface area contributed by atoms with Crippen molar-refractivity contribution in [3.63, 3.8) is 0 Å². The third kappa shape index (κ3) is 1.99. The van der Waals surface area contributed by atoms with Crippen molar-refractivity contribution in [3.05, 3.63) is 0 Å². The lowest BCUT2D eigenvalue weighted by molar-refractivity contribution is 0.863. The highest BCUT2D eigenvalue weighted by atomic mass is 19.1. The first-order valence-electron chi connectivity index (χ1n) is 1.33. The third-order valence-corrected chi connectivity index (χ3v) is 0.154. The topological polar surface area (TPSA) is 0 Å². The van der Waals surface area contributed by atoms with Gasteiger partial charge in [-0.05, 0) is 6.32 Å². The van der Waals surface area contributed by atoms with Gasteiger partial charge in [-0.2, -0.15) is 0 Å². The minimum atomic E-state index is 0.528. The van der Waals surface area contributed by atoms with Crippen LogP contribution < -0.4 is 0 Å².